The lowest BCUT2D eigenvalue weighted by Crippen LogP contribution is -2.51. The molecule has 3 aromatic rings. The molecule has 0 spiro atoms. The van der Waals surface area contributed by atoms with Gasteiger partial charge in [-0.25, -0.2) is 4.79 Å². The summed E-state index contributed by atoms with van der Waals surface area (Å²) in [7, 11) is 2.95. The summed E-state index contributed by atoms with van der Waals surface area (Å²) in [6, 6.07) is 16.1. The minimum absolute atomic E-state index is 0.0218. The Kier molecular flexibility index (Phi) is 10.2. The standard InChI is InChI=1S/C33H39N3O6/c1-5-6-18-42-22(2)25-11-9-12-26-27(25)15-17-31(41-4)28(26)20-36-30-13-8-7-10-23(30)14-16-29(32(36)38)34-19-24(21-37)35(3)33(39)40/h7-13,15,17,21,24,29,34H,2,5-6,14,16,18-20H2,1,3-4H3,(H,39,40)/t24-,29-/m0/s1. The molecule has 1 heterocycles. The second-order valence-electron chi connectivity index (χ2n) is 10.4. The largest absolute Gasteiger partial charge is 0.496 e. The van der Waals surface area contributed by atoms with Gasteiger partial charge in [0.2, 0.25) is 5.91 Å². The molecule has 0 aliphatic carbocycles. The Hall–Kier alpha value is -4.37. The number of nitrogens with one attached hydrogen (secondary N) is 1. The molecule has 0 fully saturated rings. The number of aldehydes is 1. The van der Waals surface area contributed by atoms with Gasteiger partial charge < -0.3 is 34.5 Å². The van der Waals surface area contributed by atoms with Crippen molar-refractivity contribution >= 4 is 40.5 Å². The van der Waals surface area contributed by atoms with Gasteiger partial charge in [-0.15, -0.1) is 0 Å². The van der Waals surface area contributed by atoms with E-state index in [1.165, 1.54) is 7.05 Å². The number of likely N-dealkylation sites (N-methyl/N-ethyl adjacent to an activating group) is 1. The second-order valence-corrected chi connectivity index (χ2v) is 10.4. The predicted molar refractivity (Wildman–Crippen MR) is 164 cm³/mol. The summed E-state index contributed by atoms with van der Waals surface area (Å²) in [5, 5.41) is 14.4. The molecule has 1 aliphatic rings. The van der Waals surface area contributed by atoms with Crippen LogP contribution in [0.3, 0.4) is 0 Å². The van der Waals surface area contributed by atoms with Crippen LogP contribution in [0.4, 0.5) is 10.5 Å². The normalized spacial score (nSPS) is 15.5. The van der Waals surface area contributed by atoms with Gasteiger partial charge in [0, 0.05) is 30.4 Å². The molecule has 9 heteroatoms. The lowest BCUT2D eigenvalue weighted by atomic mass is 9.97. The first-order valence-electron chi connectivity index (χ1n) is 14.2. The number of aryl methyl sites for hydroxylation is 1. The molecule has 1 aliphatic heterocycles. The predicted octanol–water partition coefficient (Wildman–Crippen LogP) is 5.25. The van der Waals surface area contributed by atoms with Crippen LogP contribution in [-0.2, 0) is 27.3 Å². The van der Waals surface area contributed by atoms with E-state index in [0.29, 0.717) is 37.2 Å². The van der Waals surface area contributed by atoms with E-state index < -0.39 is 18.2 Å². The van der Waals surface area contributed by atoms with Crippen molar-refractivity contribution in [3.8, 4) is 5.75 Å². The Morgan fingerprint density at radius 3 is 2.69 bits per heavy atom. The molecule has 2 amide bonds. The van der Waals surface area contributed by atoms with Gasteiger partial charge in [0.15, 0.2) is 0 Å². The van der Waals surface area contributed by atoms with E-state index in [-0.39, 0.29) is 19.0 Å². The van der Waals surface area contributed by atoms with Gasteiger partial charge in [-0.3, -0.25) is 4.79 Å². The summed E-state index contributed by atoms with van der Waals surface area (Å²) in [5.41, 5.74) is 3.57. The zero-order chi connectivity index (χ0) is 30.2. The first-order valence-corrected chi connectivity index (χ1v) is 14.2. The van der Waals surface area contributed by atoms with Crippen molar-refractivity contribution in [1.29, 1.82) is 0 Å². The summed E-state index contributed by atoms with van der Waals surface area (Å²) in [6.07, 6.45) is 2.47. The van der Waals surface area contributed by atoms with E-state index in [2.05, 4.69) is 18.8 Å². The quantitative estimate of drug-likeness (QED) is 0.163. The third-order valence-corrected chi connectivity index (χ3v) is 7.82. The zero-order valence-electron chi connectivity index (χ0n) is 24.5. The van der Waals surface area contributed by atoms with Gasteiger partial charge in [0.1, 0.15) is 23.8 Å². The first-order chi connectivity index (χ1) is 20.3. The van der Waals surface area contributed by atoms with E-state index in [0.717, 1.165) is 50.9 Å². The van der Waals surface area contributed by atoms with Crippen molar-refractivity contribution in [1.82, 2.24) is 10.2 Å². The number of carbonyl (C=O) groups excluding carboxylic acids is 2. The fourth-order valence-electron chi connectivity index (χ4n) is 5.32. The summed E-state index contributed by atoms with van der Waals surface area (Å²) >= 11 is 0. The van der Waals surface area contributed by atoms with Crippen LogP contribution in [0.25, 0.3) is 16.5 Å². The van der Waals surface area contributed by atoms with Crippen LogP contribution in [-0.4, -0.2) is 67.7 Å². The van der Waals surface area contributed by atoms with E-state index in [9.17, 15) is 19.5 Å². The van der Waals surface area contributed by atoms with Crippen LogP contribution in [0.5, 0.6) is 5.75 Å². The number of unbranched alkanes of at least 4 members (excludes halogenated alkanes) is 1. The van der Waals surface area contributed by atoms with Crippen LogP contribution in [0, 0.1) is 0 Å². The molecule has 0 aromatic heterocycles. The number of hydrogen-bond acceptors (Lipinski definition) is 6. The van der Waals surface area contributed by atoms with Gasteiger partial charge >= 0.3 is 6.09 Å². The number of nitrogens with zero attached hydrogens (tertiary/aromatic N) is 2. The molecule has 3 aromatic carbocycles. The Labute approximate surface area is 246 Å². The van der Waals surface area contributed by atoms with Crippen molar-refractivity contribution < 1.29 is 29.0 Å². The SMILES string of the molecule is C=C(OCCCC)c1cccc2c(CN3C(=O)[C@@H](NC[C@@H](C=O)N(C)C(=O)O)CCc4ccccc43)c(OC)ccc12. The zero-order valence-corrected chi connectivity index (χ0v) is 24.5. The minimum atomic E-state index is -1.21. The number of carboxylic acid groups (broad SMARTS) is 1. The molecule has 2 N–H and O–H groups in total. The first kappa shape index (κ1) is 30.6. The van der Waals surface area contributed by atoms with Gasteiger partial charge in [0.25, 0.3) is 0 Å². The lowest BCUT2D eigenvalue weighted by Gasteiger charge is -2.29. The molecular weight excluding hydrogens is 534 g/mol. The summed E-state index contributed by atoms with van der Waals surface area (Å²) in [4.78, 5) is 39.9. The number of benzene rings is 3. The third kappa shape index (κ3) is 6.57. The second kappa shape index (κ2) is 14.0. The number of methoxy groups -OCH3 is 1. The number of anilines is 1. The van der Waals surface area contributed by atoms with Crippen molar-refractivity contribution in [2.75, 3.05) is 32.2 Å². The number of amides is 2. The van der Waals surface area contributed by atoms with Crippen molar-refractivity contribution in [3.63, 3.8) is 0 Å². The maximum absolute atomic E-state index is 14.1. The van der Waals surface area contributed by atoms with Crippen LogP contribution < -0.4 is 15.0 Å². The van der Waals surface area contributed by atoms with Crippen molar-refractivity contribution in [3.05, 3.63) is 77.9 Å². The maximum Gasteiger partial charge on any atom is 0.407 e. The highest BCUT2D eigenvalue weighted by molar-refractivity contribution is 6.01. The number of ether oxygens (including phenoxy) is 2. The van der Waals surface area contributed by atoms with Crippen LogP contribution >= 0.6 is 0 Å². The number of para-hydroxylation sites is 1. The molecule has 42 heavy (non-hydrogen) atoms. The minimum Gasteiger partial charge on any atom is -0.496 e. The number of carbonyl (C=O) groups is 3. The molecule has 0 saturated heterocycles. The maximum atomic E-state index is 14.1. The Morgan fingerprint density at radius 2 is 1.98 bits per heavy atom. The van der Waals surface area contributed by atoms with E-state index in [4.69, 9.17) is 9.47 Å². The molecule has 4 rings (SSSR count). The number of fused-ring (bicyclic) bond motifs is 2. The molecular formula is C33H39N3O6. The Bertz CT molecular complexity index is 1450. The highest BCUT2D eigenvalue weighted by Crippen LogP contribution is 2.36. The van der Waals surface area contributed by atoms with E-state index in [1.54, 1.807) is 12.0 Å². The summed E-state index contributed by atoms with van der Waals surface area (Å²) in [6.45, 7) is 7.14. The van der Waals surface area contributed by atoms with Gasteiger partial charge in [-0.05, 0) is 53.8 Å². The van der Waals surface area contributed by atoms with Gasteiger partial charge in [-0.1, -0.05) is 56.3 Å². The molecule has 0 unspecified atom stereocenters. The van der Waals surface area contributed by atoms with Gasteiger partial charge in [-0.2, -0.15) is 0 Å². The van der Waals surface area contributed by atoms with Crippen LogP contribution in [0.15, 0.2) is 61.2 Å². The molecule has 2 atom stereocenters. The van der Waals surface area contributed by atoms with E-state index >= 15 is 0 Å². The van der Waals surface area contributed by atoms with Crippen LogP contribution in [0.2, 0.25) is 0 Å². The monoisotopic (exact) mass is 573 g/mol. The van der Waals surface area contributed by atoms with E-state index in [1.807, 2.05) is 54.6 Å². The number of rotatable bonds is 13. The molecule has 0 radical (unpaired) electrons. The highest BCUT2D eigenvalue weighted by Gasteiger charge is 2.32. The molecule has 0 bridgehead atoms. The van der Waals surface area contributed by atoms with Crippen LogP contribution in [0.1, 0.15) is 42.9 Å². The Balaban J connectivity index is 1.71. The number of hydrogen-bond donors (Lipinski definition) is 2. The third-order valence-electron chi connectivity index (χ3n) is 7.82. The fourth-order valence-corrected chi connectivity index (χ4v) is 5.32. The lowest BCUT2D eigenvalue weighted by molar-refractivity contribution is -0.121. The summed E-state index contributed by atoms with van der Waals surface area (Å²) in [5.74, 6) is 1.09. The average Bonchev–Trinajstić information content (AvgIpc) is 3.13. The Morgan fingerprint density at radius 1 is 1.19 bits per heavy atom. The molecule has 0 saturated carbocycles. The molecule has 222 valence electrons. The highest BCUT2D eigenvalue weighted by atomic mass is 16.5. The smallest absolute Gasteiger partial charge is 0.407 e. The van der Waals surface area contributed by atoms with Gasteiger partial charge in [0.05, 0.1) is 26.3 Å². The van der Waals surface area contributed by atoms with Crippen molar-refractivity contribution in [2.45, 2.75) is 51.2 Å². The van der Waals surface area contributed by atoms with Crippen molar-refractivity contribution in [2.24, 2.45) is 0 Å². The fraction of sp³-hybridized carbons (Fsp3) is 0.364. The topological polar surface area (TPSA) is 108 Å². The average molecular weight is 574 g/mol. The summed E-state index contributed by atoms with van der Waals surface area (Å²) < 4.78 is 11.7. The molecule has 9 nitrogen and oxygen atoms in total.